The first-order valence-electron chi connectivity index (χ1n) is 9.44. The summed E-state index contributed by atoms with van der Waals surface area (Å²) in [6, 6.07) is 13.7. The summed E-state index contributed by atoms with van der Waals surface area (Å²) in [5, 5.41) is 13.0. The van der Waals surface area contributed by atoms with Gasteiger partial charge in [0.15, 0.2) is 0 Å². The molecule has 1 fully saturated rings. The van der Waals surface area contributed by atoms with Gasteiger partial charge in [-0.2, -0.15) is 10.2 Å². The molecule has 0 unspecified atom stereocenters. The molecule has 1 saturated heterocycles. The van der Waals surface area contributed by atoms with Gasteiger partial charge in [0, 0.05) is 49.5 Å². The fourth-order valence-electron chi connectivity index (χ4n) is 3.32. The predicted octanol–water partition coefficient (Wildman–Crippen LogP) is 3.62. The molecule has 1 aliphatic rings. The van der Waals surface area contributed by atoms with E-state index in [1.165, 1.54) is 0 Å². The Morgan fingerprint density at radius 3 is 2.28 bits per heavy atom. The first-order valence-corrected chi connectivity index (χ1v) is 9.44. The van der Waals surface area contributed by atoms with Crippen molar-refractivity contribution in [3.63, 3.8) is 0 Å². The molecule has 0 atom stereocenters. The summed E-state index contributed by atoms with van der Waals surface area (Å²) in [4.78, 5) is 13.8. The van der Waals surface area contributed by atoms with E-state index in [0.29, 0.717) is 23.3 Å². The number of nitrogens with zero attached hydrogens (tertiary/aromatic N) is 6. The number of pyridine rings is 1. The normalized spacial score (nSPS) is 14.5. The Labute approximate surface area is 176 Å². The lowest BCUT2D eigenvalue weighted by Gasteiger charge is -2.37. The maximum absolute atomic E-state index is 8.89. The van der Waals surface area contributed by atoms with Crippen LogP contribution in [0.2, 0.25) is 0 Å². The molecule has 0 N–H and O–H groups in total. The zero-order valence-corrected chi connectivity index (χ0v) is 17.3. The molecule has 7 nitrogen and oxygen atoms in total. The Morgan fingerprint density at radius 2 is 1.69 bits per heavy atom. The van der Waals surface area contributed by atoms with Crippen LogP contribution in [0.1, 0.15) is 19.4 Å². The number of halogens is 1. The van der Waals surface area contributed by atoms with Crippen LogP contribution < -0.4 is 4.90 Å². The van der Waals surface area contributed by atoms with Crippen LogP contribution in [-0.4, -0.2) is 52.2 Å². The summed E-state index contributed by atoms with van der Waals surface area (Å²) >= 11 is 0. The van der Waals surface area contributed by atoms with Gasteiger partial charge in [-0.15, -0.1) is 12.4 Å². The summed E-state index contributed by atoms with van der Waals surface area (Å²) in [6.45, 7) is 8.55. The standard InChI is InChI=1S/C21H22N6O.ClH/c1-15(2)26-9-11-27(12-10-26)19-8-7-18(14-23-19)20-24-21(28-25-20)17-5-3-16(13-22)4-6-17;/h3-8,14-15H,9-12H2,1-2H3;1H. The van der Waals surface area contributed by atoms with Gasteiger partial charge in [0.2, 0.25) is 5.82 Å². The van der Waals surface area contributed by atoms with Crippen molar-refractivity contribution in [3.8, 4) is 28.9 Å². The second kappa shape index (κ2) is 9.03. The fourth-order valence-corrected chi connectivity index (χ4v) is 3.32. The Kier molecular flexibility index (Phi) is 6.47. The van der Waals surface area contributed by atoms with Crippen molar-refractivity contribution >= 4 is 18.2 Å². The van der Waals surface area contributed by atoms with Crippen molar-refractivity contribution in [1.29, 1.82) is 5.26 Å². The Bertz CT molecular complexity index is 970. The maximum Gasteiger partial charge on any atom is 0.258 e. The fraction of sp³-hybridized carbons (Fsp3) is 0.333. The van der Waals surface area contributed by atoms with E-state index in [1.54, 1.807) is 30.5 Å². The highest BCUT2D eigenvalue weighted by atomic mass is 35.5. The lowest BCUT2D eigenvalue weighted by Crippen LogP contribution is -2.49. The summed E-state index contributed by atoms with van der Waals surface area (Å²) in [6.07, 6.45) is 1.79. The molecule has 150 valence electrons. The maximum atomic E-state index is 8.89. The number of rotatable bonds is 4. The minimum absolute atomic E-state index is 0. The zero-order valence-electron chi connectivity index (χ0n) is 16.4. The van der Waals surface area contributed by atoms with E-state index >= 15 is 0 Å². The van der Waals surface area contributed by atoms with Crippen LogP contribution >= 0.6 is 12.4 Å². The lowest BCUT2D eigenvalue weighted by atomic mass is 10.1. The van der Waals surface area contributed by atoms with Crippen LogP contribution in [0, 0.1) is 11.3 Å². The van der Waals surface area contributed by atoms with Gasteiger partial charge in [-0.3, -0.25) is 4.90 Å². The number of benzene rings is 1. The monoisotopic (exact) mass is 410 g/mol. The molecule has 0 spiro atoms. The number of hydrogen-bond acceptors (Lipinski definition) is 7. The van der Waals surface area contributed by atoms with Crippen LogP contribution in [0.5, 0.6) is 0 Å². The molecule has 29 heavy (non-hydrogen) atoms. The van der Waals surface area contributed by atoms with Crippen LogP contribution in [0.25, 0.3) is 22.8 Å². The van der Waals surface area contributed by atoms with Crippen LogP contribution in [-0.2, 0) is 0 Å². The van der Waals surface area contributed by atoms with E-state index in [2.05, 4.69) is 44.8 Å². The Hall–Kier alpha value is -2.95. The third-order valence-corrected chi connectivity index (χ3v) is 5.06. The summed E-state index contributed by atoms with van der Waals surface area (Å²) < 4.78 is 5.37. The van der Waals surface area contributed by atoms with Crippen molar-refractivity contribution < 1.29 is 4.52 Å². The van der Waals surface area contributed by atoms with Crippen molar-refractivity contribution in [1.82, 2.24) is 20.0 Å². The van der Waals surface area contributed by atoms with E-state index in [0.717, 1.165) is 43.1 Å². The van der Waals surface area contributed by atoms with E-state index in [-0.39, 0.29) is 12.4 Å². The quantitative estimate of drug-likeness (QED) is 0.649. The second-order valence-electron chi connectivity index (χ2n) is 7.13. The van der Waals surface area contributed by atoms with E-state index in [4.69, 9.17) is 9.78 Å². The average molecular weight is 411 g/mol. The molecule has 1 aromatic carbocycles. The van der Waals surface area contributed by atoms with Gasteiger partial charge >= 0.3 is 0 Å². The molecular weight excluding hydrogens is 388 g/mol. The van der Waals surface area contributed by atoms with Crippen molar-refractivity contribution in [3.05, 3.63) is 48.2 Å². The lowest BCUT2D eigenvalue weighted by molar-refractivity contribution is 0.209. The Morgan fingerprint density at radius 1 is 1.00 bits per heavy atom. The number of aromatic nitrogens is 3. The summed E-state index contributed by atoms with van der Waals surface area (Å²) in [7, 11) is 0. The van der Waals surface area contributed by atoms with Crippen LogP contribution in [0.15, 0.2) is 47.1 Å². The third-order valence-electron chi connectivity index (χ3n) is 5.06. The third kappa shape index (κ3) is 4.56. The van der Waals surface area contributed by atoms with E-state index in [1.807, 2.05) is 12.1 Å². The van der Waals surface area contributed by atoms with Gasteiger partial charge in [0.25, 0.3) is 5.89 Å². The van der Waals surface area contributed by atoms with Crippen LogP contribution in [0.3, 0.4) is 0 Å². The molecule has 8 heteroatoms. The van der Waals surface area contributed by atoms with Crippen molar-refractivity contribution in [2.24, 2.45) is 0 Å². The molecule has 0 saturated carbocycles. The van der Waals surface area contributed by atoms with E-state index < -0.39 is 0 Å². The highest BCUT2D eigenvalue weighted by molar-refractivity contribution is 5.85. The van der Waals surface area contributed by atoms with Gasteiger partial charge in [-0.25, -0.2) is 4.98 Å². The molecule has 0 bridgehead atoms. The minimum atomic E-state index is 0. The molecule has 2 aromatic heterocycles. The molecule has 3 aromatic rings. The predicted molar refractivity (Wildman–Crippen MR) is 114 cm³/mol. The largest absolute Gasteiger partial charge is 0.354 e. The summed E-state index contributed by atoms with van der Waals surface area (Å²) in [5.74, 6) is 1.90. The van der Waals surface area contributed by atoms with Crippen molar-refractivity contribution in [2.75, 3.05) is 31.1 Å². The van der Waals surface area contributed by atoms with Gasteiger partial charge in [-0.1, -0.05) is 5.16 Å². The smallest absolute Gasteiger partial charge is 0.258 e. The van der Waals surface area contributed by atoms with Gasteiger partial charge in [-0.05, 0) is 50.2 Å². The molecule has 0 radical (unpaired) electrons. The molecule has 4 rings (SSSR count). The molecule has 1 aliphatic heterocycles. The summed E-state index contributed by atoms with van der Waals surface area (Å²) in [5.41, 5.74) is 2.19. The van der Waals surface area contributed by atoms with Gasteiger partial charge in [0.1, 0.15) is 5.82 Å². The van der Waals surface area contributed by atoms with Crippen molar-refractivity contribution in [2.45, 2.75) is 19.9 Å². The number of nitriles is 1. The first-order chi connectivity index (χ1) is 13.6. The molecular formula is C21H23ClN6O. The molecule has 3 heterocycles. The zero-order chi connectivity index (χ0) is 19.5. The highest BCUT2D eigenvalue weighted by Crippen LogP contribution is 2.24. The topological polar surface area (TPSA) is 82.1 Å². The molecule has 0 aliphatic carbocycles. The number of piperazine rings is 1. The minimum Gasteiger partial charge on any atom is -0.354 e. The second-order valence-corrected chi connectivity index (χ2v) is 7.13. The van der Waals surface area contributed by atoms with Gasteiger partial charge in [0.05, 0.1) is 11.6 Å². The first kappa shape index (κ1) is 20.8. The van der Waals surface area contributed by atoms with E-state index in [9.17, 15) is 0 Å². The van der Waals surface area contributed by atoms with Crippen LogP contribution in [0.4, 0.5) is 5.82 Å². The molecule has 0 amide bonds. The van der Waals surface area contributed by atoms with Gasteiger partial charge < -0.3 is 9.42 Å². The average Bonchev–Trinajstić information content (AvgIpc) is 3.24. The SMILES string of the molecule is CC(C)N1CCN(c2ccc(-c3noc(-c4ccc(C#N)cc4)n3)cn2)CC1.Cl. The Balaban J connectivity index is 0.00000240. The highest BCUT2D eigenvalue weighted by Gasteiger charge is 2.20. The number of hydrogen-bond donors (Lipinski definition) is 0. The number of anilines is 1.